The highest BCUT2D eigenvalue weighted by Crippen LogP contribution is 2.23. The lowest BCUT2D eigenvalue weighted by molar-refractivity contribution is -0.132. The van der Waals surface area contributed by atoms with Crippen molar-refractivity contribution in [3.05, 3.63) is 88.8 Å². The number of nitrogens with one attached hydrogen (secondary N) is 2. The van der Waals surface area contributed by atoms with Crippen LogP contribution in [0, 0.1) is 5.82 Å². The normalized spacial score (nSPS) is 13.6. The molecule has 0 bridgehead atoms. The zero-order chi connectivity index (χ0) is 28.8. The van der Waals surface area contributed by atoms with Crippen LogP contribution < -0.4 is 10.6 Å². The fraction of sp³-hybridized carbons (Fsp3) is 0.333. The summed E-state index contributed by atoms with van der Waals surface area (Å²) in [7, 11) is 1.83. The van der Waals surface area contributed by atoms with Gasteiger partial charge in [0.2, 0.25) is 5.91 Å². The van der Waals surface area contributed by atoms with Crippen molar-refractivity contribution in [2.24, 2.45) is 0 Å². The van der Waals surface area contributed by atoms with Gasteiger partial charge in [0.15, 0.2) is 0 Å². The molecule has 11 heteroatoms. The number of ether oxygens (including phenoxy) is 1. The summed E-state index contributed by atoms with van der Waals surface area (Å²) in [4.78, 5) is 35.9. The van der Waals surface area contributed by atoms with E-state index in [0.29, 0.717) is 50.3 Å². The number of fused-ring (bicyclic) bond motifs is 2. The highest BCUT2D eigenvalue weighted by molar-refractivity contribution is 6.31. The first-order chi connectivity index (χ1) is 19.9. The first-order valence-electron chi connectivity index (χ1n) is 13.6. The Morgan fingerprint density at radius 3 is 2.73 bits per heavy atom. The second-order valence-electron chi connectivity index (χ2n) is 10.0. The number of benzene rings is 2. The number of amides is 2. The first-order valence-corrected chi connectivity index (χ1v) is 14.0. The van der Waals surface area contributed by atoms with Gasteiger partial charge in [-0.25, -0.2) is 19.2 Å². The largest absolute Gasteiger partial charge is 0.448 e. The Hall–Kier alpha value is -4.02. The van der Waals surface area contributed by atoms with Crippen molar-refractivity contribution in [1.82, 2.24) is 24.8 Å². The van der Waals surface area contributed by atoms with E-state index in [2.05, 4.69) is 25.2 Å². The van der Waals surface area contributed by atoms with Crippen molar-refractivity contribution < 1.29 is 18.7 Å². The van der Waals surface area contributed by atoms with Crippen molar-refractivity contribution in [3.8, 4) is 0 Å². The molecule has 2 amide bonds. The van der Waals surface area contributed by atoms with Crippen LogP contribution in [0.5, 0.6) is 0 Å². The smallest absolute Gasteiger partial charge is 0.412 e. The molecule has 0 radical (unpaired) electrons. The Morgan fingerprint density at radius 1 is 1.07 bits per heavy atom. The molecule has 0 unspecified atom stereocenters. The Balaban J connectivity index is 1.08. The number of rotatable bonds is 10. The second-order valence-corrected chi connectivity index (χ2v) is 10.4. The van der Waals surface area contributed by atoms with E-state index in [1.807, 2.05) is 43.6 Å². The van der Waals surface area contributed by atoms with Crippen LogP contribution in [-0.4, -0.2) is 57.7 Å². The van der Waals surface area contributed by atoms with Gasteiger partial charge in [-0.15, -0.1) is 0 Å². The van der Waals surface area contributed by atoms with Crippen LogP contribution in [0.1, 0.15) is 29.9 Å². The van der Waals surface area contributed by atoms with Gasteiger partial charge in [0.05, 0.1) is 23.5 Å². The van der Waals surface area contributed by atoms with Gasteiger partial charge in [0.1, 0.15) is 24.1 Å². The number of aromatic nitrogens is 3. The average molecular weight is 579 g/mol. The number of likely N-dealkylation sites (N-methyl/N-ethyl adjacent to an activating group) is 1. The topological polar surface area (TPSA) is 101 Å². The first kappa shape index (κ1) is 28.5. The summed E-state index contributed by atoms with van der Waals surface area (Å²) < 4.78 is 21.3. The third-order valence-electron chi connectivity index (χ3n) is 7.36. The molecule has 5 rings (SSSR count). The molecule has 3 heterocycles. The molecule has 1 aliphatic rings. The minimum atomic E-state index is -0.560. The summed E-state index contributed by atoms with van der Waals surface area (Å²) in [6.07, 6.45) is 5.02. The van der Waals surface area contributed by atoms with Crippen molar-refractivity contribution in [2.75, 3.05) is 25.5 Å². The SMILES string of the molecule is CN[C@@H](CCc1ncc2n1CCN(C(=O)CCc1cccc(F)c1Cl)C2)COC(=O)Nc1cc2ccccc2cn1. The minimum Gasteiger partial charge on any atom is -0.448 e. The lowest BCUT2D eigenvalue weighted by atomic mass is 10.1. The van der Waals surface area contributed by atoms with Crippen LogP contribution in [0.3, 0.4) is 0 Å². The summed E-state index contributed by atoms with van der Waals surface area (Å²) in [6.45, 7) is 1.90. The zero-order valence-electron chi connectivity index (χ0n) is 22.8. The van der Waals surface area contributed by atoms with E-state index in [9.17, 15) is 14.0 Å². The maximum atomic E-state index is 13.7. The van der Waals surface area contributed by atoms with Gasteiger partial charge in [-0.1, -0.05) is 48.0 Å². The van der Waals surface area contributed by atoms with Crippen LogP contribution in [0.4, 0.5) is 15.0 Å². The average Bonchev–Trinajstić information content (AvgIpc) is 3.40. The standard InChI is InChI=1S/C30H32ClFN6O3/c1-33-23(19-41-30(40)36-26-15-21-5-2-3-6-22(21)16-34-26)10-11-27-35-17-24-18-37(13-14-38(24)27)28(39)12-9-20-7-4-8-25(32)29(20)31/h2-8,15-17,23,33H,9-14,18-19H2,1H3,(H,34,36,40)/t23-/m0/s1. The number of carbonyl (C=O) groups is 2. The van der Waals surface area contributed by atoms with Crippen LogP contribution in [0.2, 0.25) is 5.02 Å². The Morgan fingerprint density at radius 2 is 1.90 bits per heavy atom. The van der Waals surface area contributed by atoms with E-state index in [0.717, 1.165) is 22.3 Å². The Kier molecular flexibility index (Phi) is 9.11. The molecule has 0 saturated heterocycles. The number of hydrogen-bond donors (Lipinski definition) is 2. The summed E-state index contributed by atoms with van der Waals surface area (Å²) in [5, 5.41) is 7.94. The van der Waals surface area contributed by atoms with Gasteiger partial charge in [0.25, 0.3) is 0 Å². The number of carbonyl (C=O) groups excluding carboxylic acids is 2. The molecule has 2 aromatic carbocycles. The minimum absolute atomic E-state index is 0.00360. The summed E-state index contributed by atoms with van der Waals surface area (Å²) >= 11 is 6.03. The maximum Gasteiger partial charge on any atom is 0.412 e. The van der Waals surface area contributed by atoms with Gasteiger partial charge in [-0.3, -0.25) is 10.1 Å². The Labute approximate surface area is 242 Å². The quantitative estimate of drug-likeness (QED) is 0.276. The van der Waals surface area contributed by atoms with Gasteiger partial charge in [-0.2, -0.15) is 0 Å². The van der Waals surface area contributed by atoms with Crippen LogP contribution >= 0.6 is 11.6 Å². The molecule has 4 aromatic rings. The van der Waals surface area contributed by atoms with E-state index in [4.69, 9.17) is 16.3 Å². The highest BCUT2D eigenvalue weighted by Gasteiger charge is 2.24. The van der Waals surface area contributed by atoms with Crippen LogP contribution in [0.15, 0.2) is 60.9 Å². The summed E-state index contributed by atoms with van der Waals surface area (Å²) in [5.74, 6) is 0.899. The highest BCUT2D eigenvalue weighted by atomic mass is 35.5. The monoisotopic (exact) mass is 578 g/mol. The van der Waals surface area contributed by atoms with E-state index < -0.39 is 11.9 Å². The van der Waals surface area contributed by atoms with E-state index in [1.165, 1.54) is 6.07 Å². The van der Waals surface area contributed by atoms with Gasteiger partial charge < -0.3 is 19.5 Å². The number of hydrogen-bond acceptors (Lipinski definition) is 6. The fourth-order valence-corrected chi connectivity index (χ4v) is 5.21. The molecule has 214 valence electrons. The predicted octanol–water partition coefficient (Wildman–Crippen LogP) is 4.97. The second kappa shape index (κ2) is 13.1. The van der Waals surface area contributed by atoms with E-state index >= 15 is 0 Å². The molecule has 0 spiro atoms. The number of anilines is 1. The fourth-order valence-electron chi connectivity index (χ4n) is 4.99. The molecule has 9 nitrogen and oxygen atoms in total. The number of imidazole rings is 1. The van der Waals surface area contributed by atoms with E-state index in [-0.39, 0.29) is 30.0 Å². The maximum absolute atomic E-state index is 13.7. The van der Waals surface area contributed by atoms with Crippen molar-refractivity contribution in [1.29, 1.82) is 0 Å². The molecule has 41 heavy (non-hydrogen) atoms. The number of aryl methyl sites for hydroxylation is 2. The molecular weight excluding hydrogens is 547 g/mol. The number of nitrogens with zero attached hydrogens (tertiary/aromatic N) is 4. The molecular formula is C30H32ClFN6O3. The van der Waals surface area contributed by atoms with Crippen LogP contribution in [0.25, 0.3) is 10.8 Å². The number of halogens is 2. The third kappa shape index (κ3) is 7.01. The van der Waals surface area contributed by atoms with Gasteiger partial charge >= 0.3 is 6.09 Å². The van der Waals surface area contributed by atoms with Gasteiger partial charge in [0, 0.05) is 43.6 Å². The van der Waals surface area contributed by atoms with Gasteiger partial charge in [-0.05, 0) is 43.0 Å². The molecule has 2 aromatic heterocycles. The molecule has 0 aliphatic carbocycles. The summed E-state index contributed by atoms with van der Waals surface area (Å²) in [5.41, 5.74) is 1.61. The van der Waals surface area contributed by atoms with Crippen molar-refractivity contribution in [3.63, 3.8) is 0 Å². The molecule has 2 N–H and O–H groups in total. The van der Waals surface area contributed by atoms with Crippen molar-refractivity contribution >= 4 is 40.2 Å². The third-order valence-corrected chi connectivity index (χ3v) is 7.78. The lowest BCUT2D eigenvalue weighted by Crippen LogP contribution is -2.38. The molecule has 0 fully saturated rings. The molecule has 1 atom stereocenters. The summed E-state index contributed by atoms with van der Waals surface area (Å²) in [6, 6.07) is 14.2. The molecule has 1 aliphatic heterocycles. The predicted molar refractivity (Wildman–Crippen MR) is 155 cm³/mol. The van der Waals surface area contributed by atoms with E-state index in [1.54, 1.807) is 23.2 Å². The van der Waals surface area contributed by atoms with Crippen LogP contribution in [-0.2, 0) is 35.5 Å². The molecule has 0 saturated carbocycles. The Bertz CT molecular complexity index is 1540. The van der Waals surface area contributed by atoms with Crippen molar-refractivity contribution in [2.45, 2.75) is 44.8 Å². The zero-order valence-corrected chi connectivity index (χ0v) is 23.5. The lowest BCUT2D eigenvalue weighted by Gasteiger charge is -2.29. The number of pyridine rings is 1.